The average molecular weight is 340 g/mol. The van der Waals surface area contributed by atoms with Gasteiger partial charge in [-0.2, -0.15) is 0 Å². The van der Waals surface area contributed by atoms with Gasteiger partial charge in [-0.15, -0.1) is 0 Å². The van der Waals surface area contributed by atoms with E-state index in [4.69, 9.17) is 4.74 Å². The fourth-order valence-electron chi connectivity index (χ4n) is 2.40. The van der Waals surface area contributed by atoms with Crippen LogP contribution in [0.4, 0.5) is 0 Å². The van der Waals surface area contributed by atoms with Crippen molar-refractivity contribution in [2.24, 2.45) is 5.92 Å². The molecule has 1 aliphatic heterocycles. The van der Waals surface area contributed by atoms with Crippen molar-refractivity contribution < 1.29 is 17.9 Å². The SMILES string of the molecule is Cc1ccc(S(=O)(=O)NCCCNC(=O)CC2CCOC2)cc1. The first-order chi connectivity index (χ1) is 11.0. The Morgan fingerprint density at radius 3 is 2.65 bits per heavy atom. The van der Waals surface area contributed by atoms with Gasteiger partial charge in [-0.25, -0.2) is 13.1 Å². The Kier molecular flexibility index (Phi) is 6.56. The molecule has 1 heterocycles. The van der Waals surface area contributed by atoms with Crippen molar-refractivity contribution >= 4 is 15.9 Å². The lowest BCUT2D eigenvalue weighted by atomic mass is 10.1. The molecule has 1 aliphatic rings. The Labute approximate surface area is 137 Å². The molecule has 7 heteroatoms. The molecule has 1 amide bonds. The maximum Gasteiger partial charge on any atom is 0.240 e. The van der Waals surface area contributed by atoms with E-state index in [1.54, 1.807) is 24.3 Å². The first kappa shape index (κ1) is 17.9. The third kappa shape index (κ3) is 5.93. The van der Waals surface area contributed by atoms with Gasteiger partial charge in [0.1, 0.15) is 0 Å². The van der Waals surface area contributed by atoms with Crippen LogP contribution in [0.5, 0.6) is 0 Å². The van der Waals surface area contributed by atoms with Gasteiger partial charge in [0, 0.05) is 32.7 Å². The van der Waals surface area contributed by atoms with Gasteiger partial charge in [0.05, 0.1) is 4.90 Å². The summed E-state index contributed by atoms with van der Waals surface area (Å²) in [5.74, 6) is 0.317. The Morgan fingerprint density at radius 2 is 2.00 bits per heavy atom. The second-order valence-corrected chi connectivity index (χ2v) is 7.62. The van der Waals surface area contributed by atoms with E-state index >= 15 is 0 Å². The third-order valence-electron chi connectivity index (χ3n) is 3.80. The molecule has 1 fully saturated rings. The second-order valence-electron chi connectivity index (χ2n) is 5.85. The largest absolute Gasteiger partial charge is 0.381 e. The minimum Gasteiger partial charge on any atom is -0.381 e. The quantitative estimate of drug-likeness (QED) is 0.697. The van der Waals surface area contributed by atoms with Crippen LogP contribution in [0.2, 0.25) is 0 Å². The lowest BCUT2D eigenvalue weighted by Gasteiger charge is -2.09. The van der Waals surface area contributed by atoms with Crippen LogP contribution >= 0.6 is 0 Å². The number of ether oxygens (including phenoxy) is 1. The Balaban J connectivity index is 1.64. The lowest BCUT2D eigenvalue weighted by Crippen LogP contribution is -2.30. The lowest BCUT2D eigenvalue weighted by molar-refractivity contribution is -0.122. The maximum absolute atomic E-state index is 12.1. The molecule has 6 nitrogen and oxygen atoms in total. The molecule has 0 aliphatic carbocycles. The second kappa shape index (κ2) is 8.42. The van der Waals surface area contributed by atoms with Crippen molar-refractivity contribution in [1.29, 1.82) is 0 Å². The van der Waals surface area contributed by atoms with Crippen LogP contribution in [0.1, 0.15) is 24.8 Å². The zero-order valence-electron chi connectivity index (χ0n) is 13.4. The fraction of sp³-hybridized carbons (Fsp3) is 0.562. The van der Waals surface area contributed by atoms with E-state index in [0.29, 0.717) is 38.5 Å². The molecule has 0 radical (unpaired) electrons. The summed E-state index contributed by atoms with van der Waals surface area (Å²) >= 11 is 0. The zero-order chi connectivity index (χ0) is 16.7. The highest BCUT2D eigenvalue weighted by Gasteiger charge is 2.18. The molecule has 0 bridgehead atoms. The number of carbonyl (C=O) groups excluding carboxylic acids is 1. The van der Waals surface area contributed by atoms with Gasteiger partial charge in [0.25, 0.3) is 0 Å². The number of benzene rings is 1. The van der Waals surface area contributed by atoms with Crippen molar-refractivity contribution in [3.63, 3.8) is 0 Å². The van der Waals surface area contributed by atoms with Crippen molar-refractivity contribution in [3.8, 4) is 0 Å². The summed E-state index contributed by atoms with van der Waals surface area (Å²) in [7, 11) is -3.48. The average Bonchev–Trinajstić information content (AvgIpc) is 3.00. The highest BCUT2D eigenvalue weighted by atomic mass is 32.2. The molecule has 128 valence electrons. The van der Waals surface area contributed by atoms with Crippen molar-refractivity contribution in [2.45, 2.75) is 31.1 Å². The van der Waals surface area contributed by atoms with Gasteiger partial charge < -0.3 is 10.1 Å². The maximum atomic E-state index is 12.1. The van der Waals surface area contributed by atoms with E-state index in [0.717, 1.165) is 18.6 Å². The van der Waals surface area contributed by atoms with E-state index < -0.39 is 10.0 Å². The van der Waals surface area contributed by atoms with Crippen LogP contribution in [0, 0.1) is 12.8 Å². The number of carbonyl (C=O) groups is 1. The first-order valence-corrected chi connectivity index (χ1v) is 9.36. The topological polar surface area (TPSA) is 84.5 Å². The molecule has 0 spiro atoms. The van der Waals surface area contributed by atoms with Crippen molar-refractivity contribution in [2.75, 3.05) is 26.3 Å². The van der Waals surface area contributed by atoms with Crippen LogP contribution in [0.3, 0.4) is 0 Å². The van der Waals surface area contributed by atoms with E-state index in [9.17, 15) is 13.2 Å². The molecule has 1 atom stereocenters. The normalized spacial score (nSPS) is 18.0. The molecule has 1 aromatic carbocycles. The van der Waals surface area contributed by atoms with Crippen LogP contribution in [0.15, 0.2) is 29.2 Å². The minimum absolute atomic E-state index is 0.00175. The van der Waals surface area contributed by atoms with Crippen LogP contribution in [-0.2, 0) is 19.6 Å². The van der Waals surface area contributed by atoms with E-state index in [1.165, 1.54) is 0 Å². The molecular weight excluding hydrogens is 316 g/mol. The van der Waals surface area contributed by atoms with E-state index in [1.807, 2.05) is 6.92 Å². The number of amides is 1. The Morgan fingerprint density at radius 1 is 1.26 bits per heavy atom. The highest BCUT2D eigenvalue weighted by molar-refractivity contribution is 7.89. The Hall–Kier alpha value is -1.44. The van der Waals surface area contributed by atoms with Crippen molar-refractivity contribution in [1.82, 2.24) is 10.0 Å². The predicted octanol–water partition coefficient (Wildman–Crippen LogP) is 1.21. The minimum atomic E-state index is -3.48. The monoisotopic (exact) mass is 340 g/mol. The number of rotatable bonds is 8. The summed E-state index contributed by atoms with van der Waals surface area (Å²) in [5.41, 5.74) is 1.01. The number of nitrogens with one attached hydrogen (secondary N) is 2. The molecular formula is C16H24N2O4S. The van der Waals surface area contributed by atoms with Crippen LogP contribution in [-0.4, -0.2) is 40.6 Å². The summed E-state index contributed by atoms with van der Waals surface area (Å²) < 4.78 is 31.9. The van der Waals surface area contributed by atoms with Gasteiger partial charge in [0.2, 0.25) is 15.9 Å². The molecule has 1 aromatic rings. The third-order valence-corrected chi connectivity index (χ3v) is 5.27. The molecule has 0 saturated carbocycles. The van der Waals surface area contributed by atoms with Crippen LogP contribution in [0.25, 0.3) is 0 Å². The van der Waals surface area contributed by atoms with Crippen molar-refractivity contribution in [3.05, 3.63) is 29.8 Å². The first-order valence-electron chi connectivity index (χ1n) is 7.88. The molecule has 2 N–H and O–H groups in total. The van der Waals surface area contributed by atoms with E-state index in [-0.39, 0.29) is 10.8 Å². The zero-order valence-corrected chi connectivity index (χ0v) is 14.2. The predicted molar refractivity (Wildman–Crippen MR) is 87.5 cm³/mol. The summed E-state index contributed by atoms with van der Waals surface area (Å²) in [5, 5.41) is 2.81. The molecule has 2 rings (SSSR count). The molecule has 1 saturated heterocycles. The Bertz CT molecular complexity index is 607. The number of sulfonamides is 1. The standard InChI is InChI=1S/C16H24N2O4S/c1-13-3-5-15(6-4-13)23(20,21)18-9-2-8-17-16(19)11-14-7-10-22-12-14/h3-6,14,18H,2,7-12H2,1H3,(H,17,19). The van der Waals surface area contributed by atoms with Gasteiger partial charge in [0.15, 0.2) is 0 Å². The summed E-state index contributed by atoms with van der Waals surface area (Å²) in [6, 6.07) is 6.70. The molecule has 23 heavy (non-hydrogen) atoms. The van der Waals surface area contributed by atoms with E-state index in [2.05, 4.69) is 10.0 Å². The number of hydrogen-bond acceptors (Lipinski definition) is 4. The summed E-state index contributed by atoms with van der Waals surface area (Å²) in [4.78, 5) is 12.0. The van der Waals surface area contributed by atoms with Gasteiger partial charge in [-0.05, 0) is 37.8 Å². The smallest absolute Gasteiger partial charge is 0.240 e. The summed E-state index contributed by atoms with van der Waals surface area (Å²) in [6.45, 7) is 4.05. The van der Waals surface area contributed by atoms with Gasteiger partial charge in [-0.1, -0.05) is 17.7 Å². The summed E-state index contributed by atoms with van der Waals surface area (Å²) in [6.07, 6.45) is 1.97. The number of aryl methyl sites for hydroxylation is 1. The fourth-order valence-corrected chi connectivity index (χ4v) is 3.48. The van der Waals surface area contributed by atoms with Gasteiger partial charge in [-0.3, -0.25) is 4.79 Å². The molecule has 1 unspecified atom stereocenters. The number of hydrogen-bond donors (Lipinski definition) is 2. The van der Waals surface area contributed by atoms with Gasteiger partial charge >= 0.3 is 0 Å². The molecule has 0 aromatic heterocycles. The highest BCUT2D eigenvalue weighted by Crippen LogP contribution is 2.15. The van der Waals surface area contributed by atoms with Crippen LogP contribution < -0.4 is 10.0 Å².